The summed E-state index contributed by atoms with van der Waals surface area (Å²) in [7, 11) is -4.10. The molecule has 1 fully saturated rings. The van der Waals surface area contributed by atoms with E-state index < -0.39 is 33.3 Å². The Kier molecular flexibility index (Phi) is 2.11. The molecule has 1 saturated carbocycles. The van der Waals surface area contributed by atoms with Crippen molar-refractivity contribution in [3.8, 4) is 0 Å². The van der Waals surface area contributed by atoms with Crippen molar-refractivity contribution in [1.82, 2.24) is 0 Å². The molecule has 0 amide bonds. The van der Waals surface area contributed by atoms with Crippen LogP contribution < -0.4 is 5.73 Å². The summed E-state index contributed by atoms with van der Waals surface area (Å²) in [5, 5.41) is 7.39. The fourth-order valence-corrected chi connectivity index (χ4v) is 2.17. The third-order valence-electron chi connectivity index (χ3n) is 1.91. The molecule has 0 spiro atoms. The van der Waals surface area contributed by atoms with Gasteiger partial charge in [-0.25, -0.2) is 0 Å². The van der Waals surface area contributed by atoms with Crippen molar-refractivity contribution < 1.29 is 22.9 Å². The van der Waals surface area contributed by atoms with E-state index in [0.29, 0.717) is 0 Å². The van der Waals surface area contributed by atoms with Crippen molar-refractivity contribution in [3.05, 3.63) is 0 Å². The van der Waals surface area contributed by atoms with Crippen LogP contribution in [0.25, 0.3) is 0 Å². The Morgan fingerprint density at radius 1 is 1.58 bits per heavy atom. The molecule has 1 unspecified atom stereocenters. The molecule has 70 valence electrons. The Balaban J connectivity index is 2.60. The number of hydrogen-bond acceptors (Lipinski definition) is 4. The average molecular weight is 195 g/mol. The first-order valence-electron chi connectivity index (χ1n) is 3.28. The lowest BCUT2D eigenvalue weighted by Crippen LogP contribution is -2.34. The Labute approximate surface area is 69.1 Å². The quantitative estimate of drug-likeness (QED) is 0.480. The first-order valence-corrected chi connectivity index (χ1v) is 4.79. The van der Waals surface area contributed by atoms with E-state index in [1.165, 1.54) is 0 Å². The molecule has 0 aromatic heterocycles. The topological polar surface area (TPSA) is 118 Å². The Bertz CT molecular complexity index is 297. The summed E-state index contributed by atoms with van der Waals surface area (Å²) in [6.45, 7) is 0. The van der Waals surface area contributed by atoms with Gasteiger partial charge in [0, 0.05) is 5.92 Å². The maximum Gasteiger partial charge on any atom is 0.320 e. The van der Waals surface area contributed by atoms with E-state index in [0.717, 1.165) is 0 Å². The highest BCUT2D eigenvalue weighted by Crippen LogP contribution is 2.38. The number of nitrogens with two attached hydrogens (primary N) is 1. The second-order valence-corrected chi connectivity index (χ2v) is 4.45. The van der Waals surface area contributed by atoms with Gasteiger partial charge in [-0.05, 0) is 6.42 Å². The highest BCUT2D eigenvalue weighted by Gasteiger charge is 2.52. The van der Waals surface area contributed by atoms with Crippen molar-refractivity contribution in [2.45, 2.75) is 17.7 Å². The smallest absolute Gasteiger partial charge is 0.320 e. The summed E-state index contributed by atoms with van der Waals surface area (Å²) >= 11 is 0. The van der Waals surface area contributed by atoms with Crippen molar-refractivity contribution in [2.75, 3.05) is 0 Å². The Morgan fingerprint density at radius 2 is 2.08 bits per heavy atom. The van der Waals surface area contributed by atoms with E-state index in [4.69, 9.17) is 15.4 Å². The van der Waals surface area contributed by atoms with Crippen molar-refractivity contribution in [2.24, 2.45) is 11.7 Å². The van der Waals surface area contributed by atoms with E-state index in [1.807, 2.05) is 0 Å². The molecule has 1 rings (SSSR count). The lowest BCUT2D eigenvalue weighted by Gasteiger charge is -2.02. The Hall–Kier alpha value is -0.660. The van der Waals surface area contributed by atoms with Crippen molar-refractivity contribution >= 4 is 16.1 Å². The normalized spacial score (nSPS) is 31.2. The third kappa shape index (κ3) is 1.74. The second-order valence-electron chi connectivity index (χ2n) is 2.82. The van der Waals surface area contributed by atoms with Gasteiger partial charge >= 0.3 is 5.97 Å². The van der Waals surface area contributed by atoms with Crippen LogP contribution in [-0.2, 0) is 14.9 Å². The van der Waals surface area contributed by atoms with Crippen LogP contribution in [0.1, 0.15) is 6.42 Å². The highest BCUT2D eigenvalue weighted by atomic mass is 32.2. The summed E-state index contributed by atoms with van der Waals surface area (Å²) in [6, 6.07) is -1.20. The van der Waals surface area contributed by atoms with Gasteiger partial charge in [0.2, 0.25) is 0 Å². The maximum absolute atomic E-state index is 10.4. The first kappa shape index (κ1) is 9.43. The number of hydrogen-bond donors (Lipinski definition) is 3. The second kappa shape index (κ2) is 2.68. The molecule has 6 nitrogen and oxygen atoms in total. The lowest BCUT2D eigenvalue weighted by molar-refractivity contribution is -0.139. The molecule has 4 N–H and O–H groups in total. The molecule has 0 aromatic rings. The van der Waals surface area contributed by atoms with Crippen LogP contribution >= 0.6 is 0 Å². The molecule has 12 heavy (non-hydrogen) atoms. The number of aliphatic carboxylic acids is 1. The summed E-state index contributed by atoms with van der Waals surface area (Å²) in [5.74, 6) is -1.89. The molecule has 3 atom stereocenters. The van der Waals surface area contributed by atoms with Crippen LogP contribution in [0.15, 0.2) is 0 Å². The minimum Gasteiger partial charge on any atom is -0.480 e. The third-order valence-corrected chi connectivity index (χ3v) is 3.22. The van der Waals surface area contributed by atoms with Gasteiger partial charge in [0.1, 0.15) is 6.04 Å². The van der Waals surface area contributed by atoms with Crippen LogP contribution in [0.3, 0.4) is 0 Å². The molecule has 0 bridgehead atoms. The Morgan fingerprint density at radius 3 is 2.33 bits per heavy atom. The van der Waals surface area contributed by atoms with Crippen molar-refractivity contribution in [1.29, 1.82) is 0 Å². The van der Waals surface area contributed by atoms with E-state index in [9.17, 15) is 13.2 Å². The van der Waals surface area contributed by atoms with Crippen LogP contribution in [0.2, 0.25) is 0 Å². The molecule has 1 aliphatic rings. The van der Waals surface area contributed by atoms with Gasteiger partial charge in [0.15, 0.2) is 0 Å². The largest absolute Gasteiger partial charge is 0.480 e. The number of carbonyl (C=O) groups is 1. The fraction of sp³-hybridized carbons (Fsp3) is 0.800. The van der Waals surface area contributed by atoms with Gasteiger partial charge in [0.05, 0.1) is 5.25 Å². The lowest BCUT2D eigenvalue weighted by atomic mass is 10.2. The number of carboxylic acid groups (broad SMARTS) is 1. The van der Waals surface area contributed by atoms with E-state index >= 15 is 0 Å². The summed E-state index contributed by atoms with van der Waals surface area (Å²) in [5.41, 5.74) is 5.13. The predicted molar refractivity (Wildman–Crippen MR) is 39.1 cm³/mol. The van der Waals surface area contributed by atoms with Crippen LogP contribution in [0, 0.1) is 5.92 Å². The number of rotatable bonds is 3. The molecule has 7 heteroatoms. The predicted octanol–water partition coefficient (Wildman–Crippen LogP) is -1.33. The fourth-order valence-electron chi connectivity index (χ4n) is 1.09. The highest BCUT2D eigenvalue weighted by molar-refractivity contribution is 7.86. The summed E-state index contributed by atoms with van der Waals surface area (Å²) in [4.78, 5) is 10.3. The molecule has 0 radical (unpaired) electrons. The summed E-state index contributed by atoms with van der Waals surface area (Å²) in [6.07, 6.45) is 0.131. The summed E-state index contributed by atoms with van der Waals surface area (Å²) < 4.78 is 29.4. The van der Waals surface area contributed by atoms with Gasteiger partial charge in [0.25, 0.3) is 10.1 Å². The zero-order valence-electron chi connectivity index (χ0n) is 6.04. The van der Waals surface area contributed by atoms with Gasteiger partial charge < -0.3 is 10.8 Å². The zero-order chi connectivity index (χ0) is 9.52. The van der Waals surface area contributed by atoms with E-state index in [1.54, 1.807) is 0 Å². The van der Waals surface area contributed by atoms with Crippen LogP contribution in [0.4, 0.5) is 0 Å². The van der Waals surface area contributed by atoms with Crippen LogP contribution in [0.5, 0.6) is 0 Å². The molecule has 0 saturated heterocycles. The number of carboxylic acids is 1. The maximum atomic E-state index is 10.4. The van der Waals surface area contributed by atoms with Crippen LogP contribution in [-0.4, -0.2) is 35.3 Å². The first-order chi connectivity index (χ1) is 5.34. The molecular formula is C5H9NO5S. The monoisotopic (exact) mass is 195 g/mol. The van der Waals surface area contributed by atoms with Gasteiger partial charge in [-0.3, -0.25) is 9.35 Å². The van der Waals surface area contributed by atoms with E-state index in [2.05, 4.69) is 0 Å². The van der Waals surface area contributed by atoms with Gasteiger partial charge in [-0.1, -0.05) is 0 Å². The molecule has 0 heterocycles. The van der Waals surface area contributed by atoms with Gasteiger partial charge in [-0.15, -0.1) is 0 Å². The molecule has 1 aliphatic carbocycles. The van der Waals surface area contributed by atoms with Crippen molar-refractivity contribution in [3.63, 3.8) is 0 Å². The standard InChI is InChI=1S/C5H9NO5S/c6-4(5(7)8)2-1-3(2)12(9,10)11/h2-4H,1,6H2,(H,7,8)(H,9,10,11)/t2-,3+,4?/m1/s1. The van der Waals surface area contributed by atoms with E-state index in [-0.39, 0.29) is 6.42 Å². The molecule has 0 aliphatic heterocycles. The molecular weight excluding hydrogens is 186 g/mol. The molecule has 0 aromatic carbocycles. The average Bonchev–Trinajstić information content (AvgIpc) is 2.61. The minimum absolute atomic E-state index is 0.131. The zero-order valence-corrected chi connectivity index (χ0v) is 6.86. The van der Waals surface area contributed by atoms with Gasteiger partial charge in [-0.2, -0.15) is 8.42 Å². The minimum atomic E-state index is -4.10. The SMILES string of the molecule is NC(C(=O)O)[C@@H]1C[C@@H]1S(=O)(=O)O.